The number of fused-ring (bicyclic) bond motifs is 1. The molecule has 0 saturated heterocycles. The van der Waals surface area contributed by atoms with Gasteiger partial charge in [0.1, 0.15) is 0 Å². The molecule has 0 radical (unpaired) electrons. The Bertz CT molecular complexity index is 830. The minimum absolute atomic E-state index is 0.0761. The van der Waals surface area contributed by atoms with E-state index in [9.17, 15) is 13.2 Å². The SMILES string of the molecule is NS(=O)(=O)c1ccc2c(c1)CCN2C(=O)c1ccc(Br)s1. The van der Waals surface area contributed by atoms with Crippen LogP contribution in [0.25, 0.3) is 0 Å². The predicted molar refractivity (Wildman–Crippen MR) is 85.2 cm³/mol. The van der Waals surface area contributed by atoms with Gasteiger partial charge in [0.05, 0.1) is 13.6 Å². The Balaban J connectivity index is 1.96. The molecule has 0 fully saturated rings. The number of hydrogen-bond donors (Lipinski definition) is 1. The second kappa shape index (κ2) is 5.20. The van der Waals surface area contributed by atoms with E-state index < -0.39 is 10.0 Å². The molecule has 2 aromatic rings. The highest BCUT2D eigenvalue weighted by molar-refractivity contribution is 9.11. The van der Waals surface area contributed by atoms with Gasteiger partial charge in [-0.1, -0.05) is 0 Å². The molecule has 0 aliphatic carbocycles. The maximum Gasteiger partial charge on any atom is 0.268 e. The number of benzene rings is 1. The van der Waals surface area contributed by atoms with E-state index in [1.54, 1.807) is 23.1 Å². The number of sulfonamides is 1. The zero-order valence-corrected chi connectivity index (χ0v) is 14.0. The lowest BCUT2D eigenvalue weighted by Crippen LogP contribution is -2.28. The monoisotopic (exact) mass is 386 g/mol. The summed E-state index contributed by atoms with van der Waals surface area (Å²) >= 11 is 4.71. The van der Waals surface area contributed by atoms with Crippen molar-refractivity contribution in [1.82, 2.24) is 0 Å². The summed E-state index contributed by atoms with van der Waals surface area (Å²) in [6, 6.07) is 8.22. The topological polar surface area (TPSA) is 80.5 Å². The molecule has 2 N–H and O–H groups in total. The number of carbonyl (C=O) groups is 1. The minimum atomic E-state index is -3.72. The smallest absolute Gasteiger partial charge is 0.268 e. The molecule has 1 amide bonds. The molecule has 3 rings (SSSR count). The molecule has 8 heteroatoms. The van der Waals surface area contributed by atoms with Crippen LogP contribution in [0.15, 0.2) is 39.0 Å². The van der Waals surface area contributed by atoms with Crippen LogP contribution in [0.2, 0.25) is 0 Å². The van der Waals surface area contributed by atoms with E-state index in [1.807, 2.05) is 6.07 Å². The van der Waals surface area contributed by atoms with Crippen LogP contribution in [0.3, 0.4) is 0 Å². The second-order valence-corrected chi connectivity index (χ2v) is 8.67. The highest BCUT2D eigenvalue weighted by Gasteiger charge is 2.27. The van der Waals surface area contributed by atoms with Crippen LogP contribution in [-0.4, -0.2) is 20.9 Å². The Hall–Kier alpha value is -1.22. The fourth-order valence-electron chi connectivity index (χ4n) is 2.33. The summed E-state index contributed by atoms with van der Waals surface area (Å²) in [6.07, 6.45) is 0.622. The molecule has 0 spiro atoms. The number of nitrogens with zero attached hydrogens (tertiary/aromatic N) is 1. The molecule has 0 atom stereocenters. The maximum atomic E-state index is 12.5. The van der Waals surface area contributed by atoms with E-state index in [0.29, 0.717) is 17.8 Å². The third-order valence-corrected chi connectivity index (χ3v) is 5.83. The van der Waals surface area contributed by atoms with Crippen LogP contribution in [-0.2, 0) is 16.4 Å². The molecular formula is C13H11BrN2O3S2. The van der Waals surface area contributed by atoms with Gasteiger partial charge in [-0.2, -0.15) is 0 Å². The average molecular weight is 387 g/mol. The van der Waals surface area contributed by atoms with Crippen LogP contribution in [0, 0.1) is 0 Å². The van der Waals surface area contributed by atoms with Crippen molar-refractivity contribution in [2.75, 3.05) is 11.4 Å². The molecule has 0 bridgehead atoms. The van der Waals surface area contributed by atoms with E-state index >= 15 is 0 Å². The van der Waals surface area contributed by atoms with Gasteiger partial charge in [0.25, 0.3) is 5.91 Å². The van der Waals surface area contributed by atoms with Crippen molar-refractivity contribution in [3.05, 3.63) is 44.6 Å². The second-order valence-electron chi connectivity index (χ2n) is 4.65. The maximum absolute atomic E-state index is 12.5. The van der Waals surface area contributed by atoms with Crippen molar-refractivity contribution < 1.29 is 13.2 Å². The van der Waals surface area contributed by atoms with E-state index in [4.69, 9.17) is 5.14 Å². The first kappa shape index (κ1) is 14.7. The van der Waals surface area contributed by atoms with Gasteiger partial charge in [-0.05, 0) is 58.2 Å². The highest BCUT2D eigenvalue weighted by Crippen LogP contribution is 2.32. The van der Waals surface area contributed by atoms with Crippen molar-refractivity contribution in [2.45, 2.75) is 11.3 Å². The third kappa shape index (κ3) is 2.76. The largest absolute Gasteiger partial charge is 0.307 e. The van der Waals surface area contributed by atoms with Crippen LogP contribution in [0.1, 0.15) is 15.2 Å². The summed E-state index contributed by atoms with van der Waals surface area (Å²) in [6.45, 7) is 0.539. The number of anilines is 1. The minimum Gasteiger partial charge on any atom is -0.307 e. The summed E-state index contributed by atoms with van der Waals surface area (Å²) in [7, 11) is -3.72. The molecule has 2 heterocycles. The first-order valence-electron chi connectivity index (χ1n) is 6.09. The Morgan fingerprint density at radius 1 is 1.29 bits per heavy atom. The van der Waals surface area contributed by atoms with E-state index in [2.05, 4.69) is 15.9 Å². The molecule has 1 aliphatic rings. The molecular weight excluding hydrogens is 376 g/mol. The summed E-state index contributed by atoms with van der Waals surface area (Å²) in [5.41, 5.74) is 1.57. The standard InChI is InChI=1S/C13H11BrN2O3S2/c14-12-4-3-11(20-12)13(17)16-6-5-8-7-9(21(15,18)19)1-2-10(8)16/h1-4,7H,5-6H2,(H2,15,18,19). The van der Waals surface area contributed by atoms with E-state index in [-0.39, 0.29) is 10.8 Å². The molecule has 21 heavy (non-hydrogen) atoms. The Kier molecular flexibility index (Phi) is 3.64. The van der Waals surface area contributed by atoms with Gasteiger partial charge in [0.15, 0.2) is 0 Å². The van der Waals surface area contributed by atoms with Gasteiger partial charge in [0, 0.05) is 12.2 Å². The summed E-state index contributed by atoms with van der Waals surface area (Å²) in [5.74, 6) is -0.0761. The molecule has 5 nitrogen and oxygen atoms in total. The molecule has 1 aliphatic heterocycles. The fraction of sp³-hybridized carbons (Fsp3) is 0.154. The lowest BCUT2D eigenvalue weighted by molar-refractivity contribution is 0.0993. The number of primary sulfonamides is 1. The summed E-state index contributed by atoms with van der Waals surface area (Å²) in [4.78, 5) is 14.9. The molecule has 0 saturated carbocycles. The predicted octanol–water partition coefficient (Wildman–Crippen LogP) is 2.36. The first-order chi connectivity index (χ1) is 9.86. The number of amides is 1. The van der Waals surface area contributed by atoms with Crippen molar-refractivity contribution >= 4 is 48.9 Å². The number of halogens is 1. The van der Waals surface area contributed by atoms with Crippen molar-refractivity contribution in [1.29, 1.82) is 0 Å². The van der Waals surface area contributed by atoms with Crippen LogP contribution in [0.4, 0.5) is 5.69 Å². The number of thiophene rings is 1. The molecule has 1 aromatic carbocycles. The molecule has 110 valence electrons. The van der Waals surface area contributed by atoms with Gasteiger partial charge in [0.2, 0.25) is 10.0 Å². The van der Waals surface area contributed by atoms with Gasteiger partial charge in [-0.3, -0.25) is 4.79 Å². The van der Waals surface area contributed by atoms with Gasteiger partial charge < -0.3 is 4.90 Å². The quantitative estimate of drug-likeness (QED) is 0.859. The van der Waals surface area contributed by atoms with Crippen LogP contribution >= 0.6 is 27.3 Å². The average Bonchev–Trinajstić information content (AvgIpc) is 3.02. The zero-order valence-electron chi connectivity index (χ0n) is 10.7. The Morgan fingerprint density at radius 3 is 2.67 bits per heavy atom. The van der Waals surface area contributed by atoms with Gasteiger partial charge >= 0.3 is 0 Å². The van der Waals surface area contributed by atoms with Gasteiger partial charge in [-0.15, -0.1) is 11.3 Å². The first-order valence-corrected chi connectivity index (χ1v) is 9.25. The van der Waals surface area contributed by atoms with E-state index in [1.165, 1.54) is 17.4 Å². The normalized spacial score (nSPS) is 14.3. The number of nitrogens with two attached hydrogens (primary N) is 1. The van der Waals surface area contributed by atoms with Crippen molar-refractivity contribution in [3.63, 3.8) is 0 Å². The summed E-state index contributed by atoms with van der Waals surface area (Å²) in [5, 5.41) is 5.13. The van der Waals surface area contributed by atoms with Gasteiger partial charge in [-0.25, -0.2) is 13.6 Å². The molecule has 0 unspecified atom stereocenters. The van der Waals surface area contributed by atoms with Crippen molar-refractivity contribution in [2.24, 2.45) is 5.14 Å². The number of carbonyl (C=O) groups excluding carboxylic acids is 1. The van der Waals surface area contributed by atoms with Crippen LogP contribution < -0.4 is 10.0 Å². The highest BCUT2D eigenvalue weighted by atomic mass is 79.9. The Labute approximate surface area is 134 Å². The van der Waals surface area contributed by atoms with Crippen LogP contribution in [0.5, 0.6) is 0 Å². The number of hydrogen-bond acceptors (Lipinski definition) is 4. The van der Waals surface area contributed by atoms with E-state index in [0.717, 1.165) is 15.0 Å². The lowest BCUT2D eigenvalue weighted by atomic mass is 10.2. The number of rotatable bonds is 2. The molecule has 1 aromatic heterocycles. The zero-order chi connectivity index (χ0) is 15.2. The van der Waals surface area contributed by atoms with Crippen molar-refractivity contribution in [3.8, 4) is 0 Å². The summed E-state index contributed by atoms with van der Waals surface area (Å²) < 4.78 is 23.6. The Morgan fingerprint density at radius 2 is 2.05 bits per heavy atom. The lowest BCUT2D eigenvalue weighted by Gasteiger charge is -2.16. The third-order valence-electron chi connectivity index (χ3n) is 3.30. The fourth-order valence-corrected chi connectivity index (χ4v) is 4.23.